The zero-order chi connectivity index (χ0) is 10.6. The molecule has 4 nitrogen and oxygen atoms in total. The number of nitrogens with zero attached hydrogens (tertiary/aromatic N) is 2. The number of esters is 1. The highest BCUT2D eigenvalue weighted by Gasteiger charge is 2.02. The lowest BCUT2D eigenvalue weighted by Gasteiger charge is -2.02. The first-order valence-corrected chi connectivity index (χ1v) is 4.13. The molecule has 1 heterocycles. The van der Waals surface area contributed by atoms with E-state index in [9.17, 15) is 4.79 Å². The number of pyridine rings is 1. The molecule has 0 N–H and O–H groups in total. The summed E-state index contributed by atoms with van der Waals surface area (Å²) in [5.74, 6) is -0.356. The van der Waals surface area contributed by atoms with Crippen LogP contribution >= 0.6 is 0 Å². The predicted molar refractivity (Wildman–Crippen MR) is 49.2 cm³/mol. The second kappa shape index (κ2) is 4.38. The number of rotatable bonds is 2. The number of aromatic nitrogens is 1. The summed E-state index contributed by atoms with van der Waals surface area (Å²) in [5, 5.41) is 8.70. The van der Waals surface area contributed by atoms with Gasteiger partial charge in [-0.15, -0.1) is 0 Å². The molecule has 0 atom stereocenters. The van der Waals surface area contributed by atoms with Crippen molar-refractivity contribution in [2.24, 2.45) is 0 Å². The maximum absolute atomic E-state index is 10.5. The Bertz CT molecular complexity index is 394. The molecule has 0 spiro atoms. The molecule has 0 amide bonds. The van der Waals surface area contributed by atoms with Crippen LogP contribution in [-0.2, 0) is 16.1 Å². The Morgan fingerprint density at radius 2 is 2.36 bits per heavy atom. The molecule has 0 aliphatic carbocycles. The standard InChI is InChI=1S/C10H10N2O2/c1-7-3-4-9(6-14-8(2)13)12-10(7)5-11/h3-4H,6H2,1-2H3. The molecule has 0 aromatic carbocycles. The van der Waals surface area contributed by atoms with E-state index in [1.54, 1.807) is 19.1 Å². The van der Waals surface area contributed by atoms with Crippen molar-refractivity contribution >= 4 is 5.97 Å². The van der Waals surface area contributed by atoms with E-state index >= 15 is 0 Å². The molecular weight excluding hydrogens is 180 g/mol. The molecular formula is C10H10N2O2. The van der Waals surface area contributed by atoms with Crippen LogP contribution in [0.5, 0.6) is 0 Å². The highest BCUT2D eigenvalue weighted by Crippen LogP contribution is 2.06. The Morgan fingerprint density at radius 3 is 2.93 bits per heavy atom. The highest BCUT2D eigenvalue weighted by molar-refractivity contribution is 5.65. The zero-order valence-electron chi connectivity index (χ0n) is 8.07. The second-order valence-corrected chi connectivity index (χ2v) is 2.86. The van der Waals surface area contributed by atoms with Gasteiger partial charge < -0.3 is 4.74 Å². The van der Waals surface area contributed by atoms with Gasteiger partial charge in [0.05, 0.1) is 5.69 Å². The molecule has 1 rings (SSSR count). The average molecular weight is 190 g/mol. The van der Waals surface area contributed by atoms with Crippen molar-refractivity contribution in [3.05, 3.63) is 29.1 Å². The van der Waals surface area contributed by atoms with Crippen molar-refractivity contribution in [3.8, 4) is 6.07 Å². The van der Waals surface area contributed by atoms with Crippen molar-refractivity contribution in [2.45, 2.75) is 20.5 Å². The third-order valence-electron chi connectivity index (χ3n) is 1.68. The first kappa shape index (κ1) is 10.2. The van der Waals surface area contributed by atoms with Crippen LogP contribution in [-0.4, -0.2) is 11.0 Å². The Labute approximate surface area is 82.1 Å². The molecule has 0 unspecified atom stereocenters. The van der Waals surface area contributed by atoms with E-state index in [-0.39, 0.29) is 12.6 Å². The molecule has 72 valence electrons. The van der Waals surface area contributed by atoms with Gasteiger partial charge in [0.1, 0.15) is 18.4 Å². The summed E-state index contributed by atoms with van der Waals surface area (Å²) in [6.07, 6.45) is 0. The summed E-state index contributed by atoms with van der Waals surface area (Å²) in [6, 6.07) is 5.49. The Balaban J connectivity index is 2.80. The van der Waals surface area contributed by atoms with Gasteiger partial charge in [-0.2, -0.15) is 5.26 Å². The molecule has 4 heteroatoms. The smallest absolute Gasteiger partial charge is 0.303 e. The predicted octanol–water partition coefficient (Wildman–Crippen LogP) is 1.32. The van der Waals surface area contributed by atoms with Gasteiger partial charge in [0.2, 0.25) is 0 Å². The summed E-state index contributed by atoms with van der Waals surface area (Å²) in [5.41, 5.74) is 1.77. The van der Waals surface area contributed by atoms with Gasteiger partial charge in [-0.3, -0.25) is 4.79 Å². The van der Waals surface area contributed by atoms with Crippen LogP contribution in [0.3, 0.4) is 0 Å². The van der Waals surface area contributed by atoms with Crippen molar-refractivity contribution in [3.63, 3.8) is 0 Å². The monoisotopic (exact) mass is 190 g/mol. The van der Waals surface area contributed by atoms with Gasteiger partial charge in [0.25, 0.3) is 0 Å². The van der Waals surface area contributed by atoms with Crippen LogP contribution in [0.4, 0.5) is 0 Å². The summed E-state index contributed by atoms with van der Waals surface area (Å²) in [4.78, 5) is 14.5. The maximum atomic E-state index is 10.5. The summed E-state index contributed by atoms with van der Waals surface area (Å²) < 4.78 is 4.76. The summed E-state index contributed by atoms with van der Waals surface area (Å²) >= 11 is 0. The number of aryl methyl sites for hydroxylation is 1. The van der Waals surface area contributed by atoms with E-state index < -0.39 is 0 Å². The minimum Gasteiger partial charge on any atom is -0.459 e. The van der Waals surface area contributed by atoms with E-state index in [0.29, 0.717) is 11.4 Å². The first-order chi connectivity index (χ1) is 6.63. The van der Waals surface area contributed by atoms with Gasteiger partial charge in [0.15, 0.2) is 0 Å². The number of carbonyl (C=O) groups excluding carboxylic acids is 1. The van der Waals surface area contributed by atoms with Crippen LogP contribution in [0.15, 0.2) is 12.1 Å². The van der Waals surface area contributed by atoms with Gasteiger partial charge in [0, 0.05) is 6.92 Å². The third-order valence-corrected chi connectivity index (χ3v) is 1.68. The molecule has 0 aliphatic heterocycles. The van der Waals surface area contributed by atoms with Crippen molar-refractivity contribution in [2.75, 3.05) is 0 Å². The minimum atomic E-state index is -0.356. The second-order valence-electron chi connectivity index (χ2n) is 2.86. The van der Waals surface area contributed by atoms with E-state index in [4.69, 9.17) is 10.00 Å². The maximum Gasteiger partial charge on any atom is 0.303 e. The summed E-state index contributed by atoms with van der Waals surface area (Å²) in [7, 11) is 0. The Morgan fingerprint density at radius 1 is 1.64 bits per heavy atom. The topological polar surface area (TPSA) is 63.0 Å². The van der Waals surface area contributed by atoms with Crippen LogP contribution in [0.1, 0.15) is 23.9 Å². The molecule has 0 aliphatic rings. The highest BCUT2D eigenvalue weighted by atomic mass is 16.5. The SMILES string of the molecule is CC(=O)OCc1ccc(C)c(C#N)n1. The number of ether oxygens (including phenoxy) is 1. The average Bonchev–Trinajstić information content (AvgIpc) is 2.16. The number of hydrogen-bond donors (Lipinski definition) is 0. The van der Waals surface area contributed by atoms with E-state index in [0.717, 1.165) is 5.56 Å². The van der Waals surface area contributed by atoms with Crippen LogP contribution < -0.4 is 0 Å². The fourth-order valence-corrected chi connectivity index (χ4v) is 0.938. The molecule has 0 bridgehead atoms. The van der Waals surface area contributed by atoms with Gasteiger partial charge in [-0.1, -0.05) is 6.07 Å². The number of hydrogen-bond acceptors (Lipinski definition) is 4. The first-order valence-electron chi connectivity index (χ1n) is 4.13. The molecule has 0 saturated heterocycles. The lowest BCUT2D eigenvalue weighted by Crippen LogP contribution is -2.02. The Hall–Kier alpha value is -1.89. The fourth-order valence-electron chi connectivity index (χ4n) is 0.938. The van der Waals surface area contributed by atoms with E-state index in [1.807, 2.05) is 6.07 Å². The van der Waals surface area contributed by atoms with Crippen LogP contribution in [0.25, 0.3) is 0 Å². The van der Waals surface area contributed by atoms with Crippen molar-refractivity contribution in [1.29, 1.82) is 5.26 Å². The van der Waals surface area contributed by atoms with Crippen LogP contribution in [0, 0.1) is 18.3 Å². The summed E-state index contributed by atoms with van der Waals surface area (Å²) in [6.45, 7) is 3.25. The zero-order valence-corrected chi connectivity index (χ0v) is 8.07. The molecule has 1 aromatic rings. The lowest BCUT2D eigenvalue weighted by molar-refractivity contribution is -0.142. The molecule has 0 radical (unpaired) electrons. The molecule has 1 aromatic heterocycles. The molecule has 0 saturated carbocycles. The van der Waals surface area contributed by atoms with Gasteiger partial charge in [-0.25, -0.2) is 4.98 Å². The fraction of sp³-hybridized carbons (Fsp3) is 0.300. The van der Waals surface area contributed by atoms with Crippen molar-refractivity contribution in [1.82, 2.24) is 4.98 Å². The quantitative estimate of drug-likeness (QED) is 0.660. The molecule has 0 fully saturated rings. The van der Waals surface area contributed by atoms with Gasteiger partial charge >= 0.3 is 5.97 Å². The number of carbonyl (C=O) groups is 1. The molecule has 14 heavy (non-hydrogen) atoms. The minimum absolute atomic E-state index is 0.115. The van der Waals surface area contributed by atoms with Gasteiger partial charge in [-0.05, 0) is 18.6 Å². The lowest BCUT2D eigenvalue weighted by atomic mass is 10.2. The van der Waals surface area contributed by atoms with E-state index in [1.165, 1.54) is 6.92 Å². The van der Waals surface area contributed by atoms with Crippen LogP contribution in [0.2, 0.25) is 0 Å². The Kier molecular flexibility index (Phi) is 3.19. The largest absolute Gasteiger partial charge is 0.459 e. The van der Waals surface area contributed by atoms with E-state index in [2.05, 4.69) is 4.98 Å². The third kappa shape index (κ3) is 2.56. The van der Waals surface area contributed by atoms with Crippen molar-refractivity contribution < 1.29 is 9.53 Å². The number of nitriles is 1. The normalized spacial score (nSPS) is 9.21.